The molecule has 5 heteroatoms. The van der Waals surface area contributed by atoms with E-state index in [1.165, 1.54) is 11.1 Å². The molecule has 0 bridgehead atoms. The molecule has 3 rings (SSSR count). The molecular weight excluding hydrogens is 250 g/mol. The summed E-state index contributed by atoms with van der Waals surface area (Å²) in [4.78, 5) is 8.46. The largest absolute Gasteiger partial charge is 0.306 e. The number of nitrogens with one attached hydrogen (secondary N) is 1. The molecule has 0 amide bonds. The Bertz CT molecular complexity index is 719. The van der Waals surface area contributed by atoms with Crippen molar-refractivity contribution in [3.05, 3.63) is 59.9 Å². The van der Waals surface area contributed by atoms with Crippen molar-refractivity contribution in [2.24, 2.45) is 0 Å². The van der Waals surface area contributed by atoms with E-state index >= 15 is 0 Å². The Morgan fingerprint density at radius 3 is 2.80 bits per heavy atom. The summed E-state index contributed by atoms with van der Waals surface area (Å²) in [6.45, 7) is 5.07. The summed E-state index contributed by atoms with van der Waals surface area (Å²) in [7, 11) is 0. The van der Waals surface area contributed by atoms with Crippen LogP contribution in [-0.2, 0) is 0 Å². The van der Waals surface area contributed by atoms with Crippen molar-refractivity contribution in [1.82, 2.24) is 24.9 Å². The summed E-state index contributed by atoms with van der Waals surface area (Å²) < 4.78 is 1.85. The molecule has 3 aromatic heterocycles. The molecule has 0 spiro atoms. The van der Waals surface area contributed by atoms with Gasteiger partial charge in [0.15, 0.2) is 0 Å². The van der Waals surface area contributed by atoms with Crippen molar-refractivity contribution in [1.29, 1.82) is 0 Å². The molecule has 0 aliphatic rings. The van der Waals surface area contributed by atoms with E-state index in [0.717, 1.165) is 17.6 Å². The molecule has 0 radical (unpaired) electrons. The van der Waals surface area contributed by atoms with Crippen molar-refractivity contribution in [3.8, 4) is 0 Å². The van der Waals surface area contributed by atoms with E-state index in [9.17, 15) is 0 Å². The van der Waals surface area contributed by atoms with Crippen LogP contribution in [0.5, 0.6) is 0 Å². The zero-order chi connectivity index (χ0) is 13.9. The van der Waals surface area contributed by atoms with Crippen molar-refractivity contribution < 1.29 is 0 Å². The average Bonchev–Trinajstić information content (AvgIpc) is 2.90. The zero-order valence-electron chi connectivity index (χ0n) is 11.6. The molecular formula is C15H17N5. The maximum Gasteiger partial charge on any atom is 0.0896 e. The maximum atomic E-state index is 4.39. The monoisotopic (exact) mass is 267 g/mol. The summed E-state index contributed by atoms with van der Waals surface area (Å²) in [6, 6.07) is 2.11. The highest BCUT2D eigenvalue weighted by atomic mass is 15.2. The van der Waals surface area contributed by atoms with Crippen LogP contribution in [0.25, 0.3) is 5.52 Å². The average molecular weight is 267 g/mol. The second-order valence-corrected chi connectivity index (χ2v) is 4.73. The summed E-state index contributed by atoms with van der Waals surface area (Å²) in [5.74, 6) is 0. The molecule has 1 atom stereocenters. The van der Waals surface area contributed by atoms with E-state index in [2.05, 4.69) is 34.2 Å². The Morgan fingerprint density at radius 2 is 2.00 bits per heavy atom. The smallest absolute Gasteiger partial charge is 0.0896 e. The van der Waals surface area contributed by atoms with Gasteiger partial charge < -0.3 is 5.32 Å². The van der Waals surface area contributed by atoms with Gasteiger partial charge in [-0.05, 0) is 30.7 Å². The van der Waals surface area contributed by atoms with Crippen molar-refractivity contribution in [2.45, 2.75) is 19.9 Å². The van der Waals surface area contributed by atoms with Gasteiger partial charge in [0, 0.05) is 30.4 Å². The normalized spacial score (nSPS) is 12.7. The van der Waals surface area contributed by atoms with Gasteiger partial charge in [-0.2, -0.15) is 5.10 Å². The molecule has 0 aromatic carbocycles. The first-order chi connectivity index (χ1) is 9.81. The Balaban J connectivity index is 2.14. The van der Waals surface area contributed by atoms with Gasteiger partial charge in [-0.3, -0.25) is 9.97 Å². The first-order valence-electron chi connectivity index (χ1n) is 6.72. The van der Waals surface area contributed by atoms with Gasteiger partial charge in [0.1, 0.15) is 0 Å². The lowest BCUT2D eigenvalue weighted by atomic mass is 9.98. The molecule has 0 aliphatic carbocycles. The summed E-state index contributed by atoms with van der Waals surface area (Å²) in [6.07, 6.45) is 11.1. The van der Waals surface area contributed by atoms with Crippen LogP contribution in [0.1, 0.15) is 29.7 Å². The van der Waals surface area contributed by atoms with Crippen LogP contribution in [0.4, 0.5) is 0 Å². The number of pyridine rings is 1. The number of aryl methyl sites for hydroxylation is 1. The molecule has 0 saturated heterocycles. The van der Waals surface area contributed by atoms with E-state index in [1.807, 2.05) is 41.6 Å². The topological polar surface area (TPSA) is 55.1 Å². The van der Waals surface area contributed by atoms with Gasteiger partial charge in [0.2, 0.25) is 0 Å². The van der Waals surface area contributed by atoms with Crippen LogP contribution in [0, 0.1) is 6.92 Å². The van der Waals surface area contributed by atoms with Crippen LogP contribution in [-0.4, -0.2) is 26.1 Å². The van der Waals surface area contributed by atoms with Crippen LogP contribution in [0.2, 0.25) is 0 Å². The molecule has 3 heterocycles. The molecule has 102 valence electrons. The van der Waals surface area contributed by atoms with Gasteiger partial charge in [-0.25, -0.2) is 4.52 Å². The minimum atomic E-state index is 0.0791. The third-order valence-electron chi connectivity index (χ3n) is 3.46. The van der Waals surface area contributed by atoms with E-state index in [0.29, 0.717) is 0 Å². The predicted molar refractivity (Wildman–Crippen MR) is 77.5 cm³/mol. The molecule has 1 N–H and O–H groups in total. The summed E-state index contributed by atoms with van der Waals surface area (Å²) >= 11 is 0. The SMILES string of the molecule is CCNC(c1cnccc1C)c1cnn2ccncc12. The highest BCUT2D eigenvalue weighted by Gasteiger charge is 2.19. The minimum absolute atomic E-state index is 0.0791. The maximum absolute atomic E-state index is 4.39. The Labute approximate surface area is 117 Å². The van der Waals surface area contributed by atoms with Gasteiger partial charge in [-0.1, -0.05) is 6.92 Å². The van der Waals surface area contributed by atoms with Crippen LogP contribution in [0.3, 0.4) is 0 Å². The van der Waals surface area contributed by atoms with Gasteiger partial charge in [0.25, 0.3) is 0 Å². The van der Waals surface area contributed by atoms with Crippen LogP contribution in [0.15, 0.2) is 43.2 Å². The fourth-order valence-electron chi connectivity index (χ4n) is 2.45. The van der Waals surface area contributed by atoms with E-state index in [4.69, 9.17) is 0 Å². The fraction of sp³-hybridized carbons (Fsp3) is 0.267. The number of nitrogens with zero attached hydrogens (tertiary/aromatic N) is 4. The molecule has 0 fully saturated rings. The second-order valence-electron chi connectivity index (χ2n) is 4.73. The number of hydrogen-bond donors (Lipinski definition) is 1. The Kier molecular flexibility index (Phi) is 3.43. The summed E-state index contributed by atoms with van der Waals surface area (Å²) in [5.41, 5.74) is 4.53. The van der Waals surface area contributed by atoms with E-state index in [-0.39, 0.29) is 6.04 Å². The molecule has 20 heavy (non-hydrogen) atoms. The van der Waals surface area contributed by atoms with Crippen LogP contribution >= 0.6 is 0 Å². The van der Waals surface area contributed by atoms with Gasteiger partial charge >= 0.3 is 0 Å². The molecule has 5 nitrogen and oxygen atoms in total. The van der Waals surface area contributed by atoms with Crippen molar-refractivity contribution in [2.75, 3.05) is 6.54 Å². The number of hydrogen-bond acceptors (Lipinski definition) is 4. The molecule has 0 aliphatic heterocycles. The Hall–Kier alpha value is -2.27. The summed E-state index contributed by atoms with van der Waals surface area (Å²) in [5, 5.41) is 7.91. The first kappa shape index (κ1) is 12.7. The predicted octanol–water partition coefficient (Wildman–Crippen LogP) is 2.13. The number of fused-ring (bicyclic) bond motifs is 1. The van der Waals surface area contributed by atoms with Gasteiger partial charge in [0.05, 0.1) is 24.0 Å². The van der Waals surface area contributed by atoms with Crippen molar-refractivity contribution >= 4 is 5.52 Å². The standard InChI is InChI=1S/C15H17N5/c1-3-18-15(12-8-16-5-4-11(12)2)13-9-19-20-7-6-17-10-14(13)20/h4-10,15,18H,3H2,1-2H3. The molecule has 3 aromatic rings. The molecule has 0 saturated carbocycles. The van der Waals surface area contributed by atoms with Crippen LogP contribution < -0.4 is 5.32 Å². The fourth-order valence-corrected chi connectivity index (χ4v) is 2.45. The second kappa shape index (κ2) is 5.38. The minimum Gasteiger partial charge on any atom is -0.306 e. The zero-order valence-corrected chi connectivity index (χ0v) is 11.6. The lowest BCUT2D eigenvalue weighted by Crippen LogP contribution is -2.22. The lowest BCUT2D eigenvalue weighted by Gasteiger charge is -2.19. The quantitative estimate of drug-likeness (QED) is 0.787. The first-order valence-corrected chi connectivity index (χ1v) is 6.72. The number of aromatic nitrogens is 4. The van der Waals surface area contributed by atoms with E-state index < -0.39 is 0 Å². The van der Waals surface area contributed by atoms with Crippen molar-refractivity contribution in [3.63, 3.8) is 0 Å². The van der Waals surface area contributed by atoms with Gasteiger partial charge in [-0.15, -0.1) is 0 Å². The van der Waals surface area contributed by atoms with E-state index in [1.54, 1.807) is 6.20 Å². The lowest BCUT2D eigenvalue weighted by molar-refractivity contribution is 0.629. The highest BCUT2D eigenvalue weighted by Crippen LogP contribution is 2.26. The highest BCUT2D eigenvalue weighted by molar-refractivity contribution is 5.56. The number of rotatable bonds is 4. The molecule has 1 unspecified atom stereocenters. The third kappa shape index (κ3) is 2.16. The third-order valence-corrected chi connectivity index (χ3v) is 3.46. The Morgan fingerprint density at radius 1 is 1.15 bits per heavy atom.